The summed E-state index contributed by atoms with van der Waals surface area (Å²) in [6, 6.07) is 12.5. The third kappa shape index (κ3) is 4.83. The van der Waals surface area contributed by atoms with Gasteiger partial charge in [-0.15, -0.1) is 0 Å². The van der Waals surface area contributed by atoms with E-state index >= 15 is 0 Å². The van der Waals surface area contributed by atoms with Gasteiger partial charge in [0.25, 0.3) is 0 Å². The highest BCUT2D eigenvalue weighted by atomic mass is 16.5. The summed E-state index contributed by atoms with van der Waals surface area (Å²) in [6.07, 6.45) is 2.28. The summed E-state index contributed by atoms with van der Waals surface area (Å²) in [4.78, 5) is 23.7. The Morgan fingerprint density at radius 3 is 2.38 bits per heavy atom. The van der Waals surface area contributed by atoms with Gasteiger partial charge >= 0.3 is 11.8 Å². The van der Waals surface area contributed by atoms with Crippen LogP contribution in [0.15, 0.2) is 47.6 Å². The number of nitrogens with zero attached hydrogens (tertiary/aromatic N) is 1. The number of rotatable bonds is 6. The molecule has 0 aliphatic heterocycles. The van der Waals surface area contributed by atoms with Crippen LogP contribution in [0, 0.1) is 0 Å². The number of nitrogens with one attached hydrogen (secondary N) is 2. The zero-order chi connectivity index (χ0) is 18.9. The van der Waals surface area contributed by atoms with Gasteiger partial charge in [0.05, 0.1) is 20.4 Å². The van der Waals surface area contributed by atoms with E-state index in [1.54, 1.807) is 30.3 Å². The van der Waals surface area contributed by atoms with E-state index in [4.69, 9.17) is 9.47 Å². The first-order chi connectivity index (χ1) is 12.6. The van der Waals surface area contributed by atoms with Gasteiger partial charge in [-0.3, -0.25) is 9.59 Å². The summed E-state index contributed by atoms with van der Waals surface area (Å²) in [7, 11) is 3.03. The molecule has 2 N–H and O–H groups in total. The number of carbonyl (C=O) groups is 2. The number of hydrogen-bond acceptors (Lipinski definition) is 5. The van der Waals surface area contributed by atoms with Crippen LogP contribution in [-0.4, -0.2) is 32.2 Å². The van der Waals surface area contributed by atoms with Crippen molar-refractivity contribution in [2.75, 3.05) is 19.5 Å². The molecule has 136 valence electrons. The first-order valence-corrected chi connectivity index (χ1v) is 8.03. The van der Waals surface area contributed by atoms with Gasteiger partial charge in [-0.1, -0.05) is 25.1 Å². The van der Waals surface area contributed by atoms with Crippen molar-refractivity contribution in [2.24, 2.45) is 5.10 Å². The fourth-order valence-electron chi connectivity index (χ4n) is 2.24. The number of methoxy groups -OCH3 is 2. The molecule has 2 amide bonds. The summed E-state index contributed by atoms with van der Waals surface area (Å²) in [5.74, 6) is -0.656. The molecule has 0 saturated heterocycles. The normalized spacial score (nSPS) is 10.4. The highest BCUT2D eigenvalue weighted by Crippen LogP contribution is 2.29. The second kappa shape index (κ2) is 9.22. The molecule has 0 radical (unpaired) electrons. The molecule has 0 atom stereocenters. The van der Waals surface area contributed by atoms with Crippen LogP contribution >= 0.6 is 0 Å². The van der Waals surface area contributed by atoms with E-state index in [0.717, 1.165) is 12.0 Å². The minimum absolute atomic E-state index is 0.480. The van der Waals surface area contributed by atoms with Crippen molar-refractivity contribution in [1.82, 2.24) is 5.43 Å². The minimum Gasteiger partial charge on any atom is -0.493 e. The van der Waals surface area contributed by atoms with Crippen LogP contribution in [0.2, 0.25) is 0 Å². The molecule has 0 heterocycles. The summed E-state index contributed by atoms with van der Waals surface area (Å²) < 4.78 is 10.4. The van der Waals surface area contributed by atoms with Gasteiger partial charge < -0.3 is 14.8 Å². The van der Waals surface area contributed by atoms with Crippen LogP contribution in [-0.2, 0) is 16.0 Å². The quantitative estimate of drug-likeness (QED) is 0.473. The van der Waals surface area contributed by atoms with Crippen molar-refractivity contribution in [1.29, 1.82) is 0 Å². The Hall–Kier alpha value is -3.35. The van der Waals surface area contributed by atoms with E-state index in [0.29, 0.717) is 22.7 Å². The van der Waals surface area contributed by atoms with E-state index in [-0.39, 0.29) is 0 Å². The largest absolute Gasteiger partial charge is 0.493 e. The molecule has 0 spiro atoms. The number of para-hydroxylation sites is 1. The molecule has 0 unspecified atom stereocenters. The SMILES string of the molecule is CCc1ccc(NC(=O)C(=O)NN=Cc2cccc(OC)c2OC)cc1. The average molecular weight is 355 g/mol. The van der Waals surface area contributed by atoms with E-state index < -0.39 is 11.8 Å². The van der Waals surface area contributed by atoms with Crippen molar-refractivity contribution in [3.8, 4) is 11.5 Å². The number of hydrogen-bond donors (Lipinski definition) is 2. The number of amides is 2. The third-order valence-electron chi connectivity index (χ3n) is 3.63. The first kappa shape index (κ1) is 19.0. The fourth-order valence-corrected chi connectivity index (χ4v) is 2.24. The lowest BCUT2D eigenvalue weighted by Gasteiger charge is -2.09. The molecule has 0 fully saturated rings. The topological polar surface area (TPSA) is 89.0 Å². The smallest absolute Gasteiger partial charge is 0.329 e. The highest BCUT2D eigenvalue weighted by molar-refractivity contribution is 6.39. The summed E-state index contributed by atoms with van der Waals surface area (Å²) in [6.45, 7) is 2.04. The van der Waals surface area contributed by atoms with E-state index in [2.05, 4.69) is 15.8 Å². The van der Waals surface area contributed by atoms with Crippen LogP contribution in [0.4, 0.5) is 5.69 Å². The minimum atomic E-state index is -0.873. The molecule has 2 aromatic rings. The van der Waals surface area contributed by atoms with Crippen molar-refractivity contribution in [3.63, 3.8) is 0 Å². The van der Waals surface area contributed by atoms with Crippen molar-refractivity contribution < 1.29 is 19.1 Å². The molecule has 0 bridgehead atoms. The number of hydrazone groups is 1. The van der Waals surface area contributed by atoms with Crippen LogP contribution in [0.5, 0.6) is 11.5 Å². The molecule has 0 aliphatic rings. The van der Waals surface area contributed by atoms with E-state index in [1.165, 1.54) is 20.4 Å². The maximum Gasteiger partial charge on any atom is 0.329 e. The lowest BCUT2D eigenvalue weighted by molar-refractivity contribution is -0.136. The molecule has 0 aromatic heterocycles. The predicted molar refractivity (Wildman–Crippen MR) is 99.7 cm³/mol. The first-order valence-electron chi connectivity index (χ1n) is 8.03. The Balaban J connectivity index is 1.97. The van der Waals surface area contributed by atoms with Gasteiger partial charge in [-0.2, -0.15) is 5.10 Å². The molecular weight excluding hydrogens is 334 g/mol. The van der Waals surface area contributed by atoms with Gasteiger partial charge in [0.15, 0.2) is 11.5 Å². The van der Waals surface area contributed by atoms with E-state index in [9.17, 15) is 9.59 Å². The molecule has 7 heteroatoms. The van der Waals surface area contributed by atoms with E-state index in [1.807, 2.05) is 19.1 Å². The maximum atomic E-state index is 11.9. The Labute approximate surface area is 152 Å². The number of anilines is 1. The summed E-state index contributed by atoms with van der Waals surface area (Å²) in [5.41, 5.74) is 4.47. The van der Waals surface area contributed by atoms with Gasteiger partial charge in [-0.25, -0.2) is 5.43 Å². The zero-order valence-electron chi connectivity index (χ0n) is 14.9. The number of benzene rings is 2. The van der Waals surface area contributed by atoms with Gasteiger partial charge in [0.2, 0.25) is 0 Å². The highest BCUT2D eigenvalue weighted by Gasteiger charge is 2.13. The maximum absolute atomic E-state index is 11.9. The van der Waals surface area contributed by atoms with Gasteiger partial charge in [0.1, 0.15) is 0 Å². The van der Waals surface area contributed by atoms with Crippen LogP contribution in [0.25, 0.3) is 0 Å². The number of aryl methyl sites for hydroxylation is 1. The molecule has 0 saturated carbocycles. The monoisotopic (exact) mass is 355 g/mol. The Kier molecular flexibility index (Phi) is 6.73. The number of ether oxygens (including phenoxy) is 2. The standard InChI is InChI=1S/C19H21N3O4/c1-4-13-8-10-15(11-9-13)21-18(23)19(24)22-20-12-14-6-5-7-16(25-2)17(14)26-3/h5-12H,4H2,1-3H3,(H,21,23)(H,22,24). The van der Waals surface area contributed by atoms with Crippen molar-refractivity contribution in [2.45, 2.75) is 13.3 Å². The Morgan fingerprint density at radius 2 is 1.77 bits per heavy atom. The fraction of sp³-hybridized carbons (Fsp3) is 0.211. The summed E-state index contributed by atoms with van der Waals surface area (Å²) >= 11 is 0. The predicted octanol–water partition coefficient (Wildman–Crippen LogP) is 2.36. The van der Waals surface area contributed by atoms with Crippen LogP contribution in [0.1, 0.15) is 18.1 Å². The van der Waals surface area contributed by atoms with Crippen molar-refractivity contribution >= 4 is 23.7 Å². The molecular formula is C19H21N3O4. The number of carbonyl (C=O) groups excluding carboxylic acids is 2. The van der Waals surface area contributed by atoms with Crippen molar-refractivity contribution in [3.05, 3.63) is 53.6 Å². The lowest BCUT2D eigenvalue weighted by atomic mass is 10.1. The van der Waals surface area contributed by atoms with Crippen LogP contribution < -0.4 is 20.2 Å². The summed E-state index contributed by atoms with van der Waals surface area (Å²) in [5, 5.41) is 6.31. The van der Waals surface area contributed by atoms with Crippen LogP contribution in [0.3, 0.4) is 0 Å². The van der Waals surface area contributed by atoms with Gasteiger partial charge in [-0.05, 0) is 36.2 Å². The average Bonchev–Trinajstić information content (AvgIpc) is 2.68. The molecule has 2 rings (SSSR count). The molecule has 7 nitrogen and oxygen atoms in total. The van der Waals surface area contributed by atoms with Gasteiger partial charge in [0, 0.05) is 11.3 Å². The molecule has 0 aliphatic carbocycles. The zero-order valence-corrected chi connectivity index (χ0v) is 14.9. The lowest BCUT2D eigenvalue weighted by Crippen LogP contribution is -2.32. The third-order valence-corrected chi connectivity index (χ3v) is 3.63. The second-order valence-electron chi connectivity index (χ2n) is 5.29. The second-order valence-corrected chi connectivity index (χ2v) is 5.29. The Bertz CT molecular complexity index is 801. The molecule has 2 aromatic carbocycles. The Morgan fingerprint density at radius 1 is 1.04 bits per heavy atom. The molecule has 26 heavy (non-hydrogen) atoms.